The number of thiocarbonyl (C=S) groups is 1. The minimum atomic E-state index is 0.908. The summed E-state index contributed by atoms with van der Waals surface area (Å²) in [4.78, 5) is 0. The van der Waals surface area contributed by atoms with Gasteiger partial charge in [0, 0.05) is 18.8 Å². The summed E-state index contributed by atoms with van der Waals surface area (Å²) in [5, 5.41) is 3.02. The van der Waals surface area contributed by atoms with Crippen LogP contribution in [0.25, 0.3) is 5.57 Å². The van der Waals surface area contributed by atoms with E-state index in [-0.39, 0.29) is 0 Å². The van der Waals surface area contributed by atoms with Gasteiger partial charge in [0.1, 0.15) is 0 Å². The van der Waals surface area contributed by atoms with E-state index < -0.39 is 0 Å². The van der Waals surface area contributed by atoms with Crippen LogP contribution in [0.15, 0.2) is 36.5 Å². The molecule has 0 unspecified atom stereocenters. The second kappa shape index (κ2) is 5.83. The molecule has 0 aliphatic carbocycles. The van der Waals surface area contributed by atoms with Crippen molar-refractivity contribution < 1.29 is 0 Å². The highest BCUT2D eigenvalue weighted by Crippen LogP contribution is 2.20. The zero-order valence-corrected chi connectivity index (χ0v) is 9.91. The molecule has 0 aromatic heterocycles. The predicted octanol–water partition coefficient (Wildman–Crippen LogP) is 2.94. The lowest BCUT2D eigenvalue weighted by atomic mass is 10.1. The van der Waals surface area contributed by atoms with Crippen molar-refractivity contribution in [3.8, 4) is 0 Å². The van der Waals surface area contributed by atoms with Gasteiger partial charge in [0.15, 0.2) is 0 Å². The number of hydrogen-bond acceptors (Lipinski definition) is 3. The van der Waals surface area contributed by atoms with Crippen LogP contribution in [0, 0.1) is 0 Å². The van der Waals surface area contributed by atoms with Gasteiger partial charge in [0.05, 0.1) is 4.20 Å². The summed E-state index contributed by atoms with van der Waals surface area (Å²) in [6.07, 6.45) is 3.93. The van der Waals surface area contributed by atoms with E-state index in [0.717, 1.165) is 15.3 Å². The van der Waals surface area contributed by atoms with E-state index in [9.17, 15) is 0 Å². The average molecular weight is 223 g/mol. The highest BCUT2D eigenvalue weighted by Gasteiger charge is 2.05. The summed E-state index contributed by atoms with van der Waals surface area (Å²) in [6.45, 7) is 0. The van der Waals surface area contributed by atoms with Crippen LogP contribution in [0.4, 0.5) is 0 Å². The van der Waals surface area contributed by atoms with Gasteiger partial charge in [-0.15, -0.1) is 11.8 Å². The standard InChI is InChI=1S/C11H13NS2/c1-12-8-10(11(13)14-2)9-6-4-3-5-7-9/h3-8,12H,1-2H3/b10-8+. The van der Waals surface area contributed by atoms with E-state index in [1.165, 1.54) is 0 Å². The molecule has 1 aromatic carbocycles. The molecule has 0 saturated heterocycles. The minimum Gasteiger partial charge on any atom is -0.393 e. The van der Waals surface area contributed by atoms with Crippen LogP contribution in [0.1, 0.15) is 5.56 Å². The Morgan fingerprint density at radius 1 is 1.36 bits per heavy atom. The molecular formula is C11H13NS2. The third kappa shape index (κ3) is 2.86. The fourth-order valence-corrected chi connectivity index (χ4v) is 1.71. The SMILES string of the molecule is CN/C=C(/C(=S)SC)c1ccccc1. The van der Waals surface area contributed by atoms with Gasteiger partial charge >= 0.3 is 0 Å². The Morgan fingerprint density at radius 2 is 2.00 bits per heavy atom. The van der Waals surface area contributed by atoms with Crippen LogP contribution in [-0.2, 0) is 0 Å². The number of nitrogens with one attached hydrogen (secondary N) is 1. The molecule has 74 valence electrons. The number of benzene rings is 1. The maximum Gasteiger partial charge on any atom is 0.0796 e. The molecule has 0 aliphatic heterocycles. The smallest absolute Gasteiger partial charge is 0.0796 e. The maximum atomic E-state index is 5.28. The van der Waals surface area contributed by atoms with Crippen molar-refractivity contribution in [2.24, 2.45) is 0 Å². The van der Waals surface area contributed by atoms with Crippen LogP contribution < -0.4 is 5.32 Å². The lowest BCUT2D eigenvalue weighted by Crippen LogP contribution is -2.01. The van der Waals surface area contributed by atoms with Crippen molar-refractivity contribution in [3.05, 3.63) is 42.1 Å². The molecule has 1 aromatic rings. The van der Waals surface area contributed by atoms with Crippen molar-refractivity contribution in [2.45, 2.75) is 0 Å². The monoisotopic (exact) mass is 223 g/mol. The summed E-state index contributed by atoms with van der Waals surface area (Å²) >= 11 is 6.87. The lowest BCUT2D eigenvalue weighted by molar-refractivity contribution is 1.11. The van der Waals surface area contributed by atoms with Crippen molar-refractivity contribution in [3.63, 3.8) is 0 Å². The molecule has 1 rings (SSSR count). The van der Waals surface area contributed by atoms with Crippen LogP contribution in [0.3, 0.4) is 0 Å². The van der Waals surface area contributed by atoms with Gasteiger partial charge in [-0.05, 0) is 11.8 Å². The van der Waals surface area contributed by atoms with Gasteiger partial charge in [0.25, 0.3) is 0 Å². The topological polar surface area (TPSA) is 12.0 Å². The highest BCUT2D eigenvalue weighted by molar-refractivity contribution is 8.24. The van der Waals surface area contributed by atoms with E-state index in [2.05, 4.69) is 17.4 Å². The Bertz CT molecular complexity index is 330. The normalized spacial score (nSPS) is 11.1. The van der Waals surface area contributed by atoms with Gasteiger partial charge in [-0.3, -0.25) is 0 Å². The molecule has 0 bridgehead atoms. The van der Waals surface area contributed by atoms with E-state index in [0.29, 0.717) is 0 Å². The fourth-order valence-electron chi connectivity index (χ4n) is 1.13. The van der Waals surface area contributed by atoms with E-state index in [1.807, 2.05) is 37.7 Å². The molecule has 0 saturated carbocycles. The molecule has 0 heterocycles. The van der Waals surface area contributed by atoms with Crippen LogP contribution in [0.5, 0.6) is 0 Å². The van der Waals surface area contributed by atoms with Crippen molar-refractivity contribution in [2.75, 3.05) is 13.3 Å². The summed E-state index contributed by atoms with van der Waals surface area (Å²) in [5.74, 6) is 0. The lowest BCUT2D eigenvalue weighted by Gasteiger charge is -2.06. The number of hydrogen-bond donors (Lipinski definition) is 1. The van der Waals surface area contributed by atoms with Crippen molar-refractivity contribution in [1.82, 2.24) is 5.32 Å². The van der Waals surface area contributed by atoms with Crippen molar-refractivity contribution in [1.29, 1.82) is 0 Å². The second-order valence-electron chi connectivity index (χ2n) is 2.70. The van der Waals surface area contributed by atoms with Crippen LogP contribution in [0.2, 0.25) is 0 Å². The maximum absolute atomic E-state index is 5.28. The summed E-state index contributed by atoms with van der Waals surface area (Å²) < 4.78 is 0.908. The Kier molecular flexibility index (Phi) is 4.70. The Labute approximate surface area is 94.6 Å². The van der Waals surface area contributed by atoms with Crippen LogP contribution >= 0.6 is 24.0 Å². The second-order valence-corrected chi connectivity index (χ2v) is 4.19. The van der Waals surface area contributed by atoms with Gasteiger partial charge in [-0.1, -0.05) is 42.5 Å². The van der Waals surface area contributed by atoms with E-state index >= 15 is 0 Å². The summed E-state index contributed by atoms with van der Waals surface area (Å²) in [5.41, 5.74) is 2.23. The van der Waals surface area contributed by atoms with E-state index in [1.54, 1.807) is 11.8 Å². The summed E-state index contributed by atoms with van der Waals surface area (Å²) in [7, 11) is 1.88. The Hall–Kier alpha value is -0.800. The molecule has 0 amide bonds. The zero-order valence-electron chi connectivity index (χ0n) is 8.28. The van der Waals surface area contributed by atoms with Gasteiger partial charge in [-0.2, -0.15) is 0 Å². The van der Waals surface area contributed by atoms with Gasteiger partial charge < -0.3 is 5.32 Å². The van der Waals surface area contributed by atoms with E-state index in [4.69, 9.17) is 12.2 Å². The average Bonchev–Trinajstić information content (AvgIpc) is 2.26. The molecule has 0 spiro atoms. The summed E-state index contributed by atoms with van der Waals surface area (Å²) in [6, 6.07) is 10.2. The minimum absolute atomic E-state index is 0.908. The third-order valence-electron chi connectivity index (χ3n) is 1.78. The molecule has 0 atom stereocenters. The van der Waals surface area contributed by atoms with Crippen LogP contribution in [-0.4, -0.2) is 17.5 Å². The zero-order chi connectivity index (χ0) is 10.4. The molecule has 0 radical (unpaired) electrons. The number of rotatable bonds is 3. The fraction of sp³-hybridized carbons (Fsp3) is 0.182. The largest absolute Gasteiger partial charge is 0.393 e. The third-order valence-corrected chi connectivity index (χ3v) is 3.09. The molecule has 1 nitrogen and oxygen atoms in total. The predicted molar refractivity (Wildman–Crippen MR) is 69.6 cm³/mol. The Balaban J connectivity index is 3.02. The first-order valence-electron chi connectivity index (χ1n) is 4.30. The first kappa shape index (κ1) is 11.3. The molecule has 1 N–H and O–H groups in total. The molecule has 14 heavy (non-hydrogen) atoms. The first-order chi connectivity index (χ1) is 6.79. The molecule has 0 fully saturated rings. The highest BCUT2D eigenvalue weighted by atomic mass is 32.2. The van der Waals surface area contributed by atoms with Gasteiger partial charge in [-0.25, -0.2) is 0 Å². The Morgan fingerprint density at radius 3 is 2.50 bits per heavy atom. The van der Waals surface area contributed by atoms with Gasteiger partial charge in [0.2, 0.25) is 0 Å². The molecular weight excluding hydrogens is 210 g/mol. The molecule has 0 aliphatic rings. The molecule has 3 heteroatoms. The van der Waals surface area contributed by atoms with Crippen molar-refractivity contribution >= 4 is 33.7 Å². The first-order valence-corrected chi connectivity index (χ1v) is 5.94. The quantitative estimate of drug-likeness (QED) is 0.625. The number of thioether (sulfide) groups is 1.